The first kappa shape index (κ1) is 17.2. The van der Waals surface area contributed by atoms with E-state index < -0.39 is 5.91 Å². The number of rotatable bonds is 3. The van der Waals surface area contributed by atoms with Gasteiger partial charge in [-0.3, -0.25) is 9.69 Å². The Bertz CT molecular complexity index is 819. The first-order valence-corrected chi connectivity index (χ1v) is 8.99. The Labute approximate surface area is 152 Å². The molecule has 0 spiro atoms. The highest BCUT2D eigenvalue weighted by Crippen LogP contribution is 2.33. The minimum Gasteiger partial charge on any atom is -0.455 e. The van der Waals surface area contributed by atoms with Crippen molar-refractivity contribution in [2.45, 2.75) is 57.9 Å². The van der Waals surface area contributed by atoms with Gasteiger partial charge in [-0.1, -0.05) is 26.0 Å². The number of nitrogens with two attached hydrogens (primary N) is 1. The second kappa shape index (κ2) is 6.21. The van der Waals surface area contributed by atoms with Gasteiger partial charge in [-0.15, -0.1) is 5.10 Å². The average Bonchev–Trinajstić information content (AvgIpc) is 3.20. The molecule has 2 N–H and O–H groups in total. The highest BCUT2D eigenvalue weighted by molar-refractivity contribution is 5.90. The lowest BCUT2D eigenvalue weighted by Crippen LogP contribution is -2.48. The largest absolute Gasteiger partial charge is 0.455 e. The molecule has 1 amide bonds. The van der Waals surface area contributed by atoms with Crippen molar-refractivity contribution in [3.05, 3.63) is 35.0 Å². The van der Waals surface area contributed by atoms with E-state index in [4.69, 9.17) is 14.9 Å². The topological polar surface area (TPSA) is 99.4 Å². The van der Waals surface area contributed by atoms with Gasteiger partial charge in [-0.25, -0.2) is 4.68 Å². The summed E-state index contributed by atoms with van der Waals surface area (Å²) in [5.74, 6) is 0.507. The summed E-state index contributed by atoms with van der Waals surface area (Å²) >= 11 is 0. The van der Waals surface area contributed by atoms with E-state index in [-0.39, 0.29) is 23.3 Å². The lowest BCUT2D eigenvalue weighted by molar-refractivity contribution is -0.0705. The van der Waals surface area contributed by atoms with Gasteiger partial charge in [0.15, 0.2) is 5.76 Å². The minimum absolute atomic E-state index is 0.0959. The number of amides is 1. The van der Waals surface area contributed by atoms with Crippen LogP contribution in [0.15, 0.2) is 16.7 Å². The molecule has 4 rings (SSSR count). The van der Waals surface area contributed by atoms with Gasteiger partial charge in [-0.2, -0.15) is 0 Å². The Morgan fingerprint density at radius 3 is 2.96 bits per heavy atom. The molecule has 26 heavy (non-hydrogen) atoms. The molecule has 2 aliphatic heterocycles. The van der Waals surface area contributed by atoms with Crippen LogP contribution in [0.3, 0.4) is 0 Å². The molecule has 2 aliphatic rings. The number of aromatic nitrogens is 3. The van der Waals surface area contributed by atoms with Crippen molar-refractivity contribution in [3.8, 4) is 0 Å². The summed E-state index contributed by atoms with van der Waals surface area (Å²) in [6.45, 7) is 9.20. The van der Waals surface area contributed by atoms with Gasteiger partial charge in [0, 0.05) is 30.6 Å². The number of hydrogen-bond donors (Lipinski definition) is 1. The van der Waals surface area contributed by atoms with Crippen LogP contribution in [0.25, 0.3) is 0 Å². The Hall–Kier alpha value is -2.19. The highest BCUT2D eigenvalue weighted by atomic mass is 16.5. The number of primary amides is 1. The summed E-state index contributed by atoms with van der Waals surface area (Å²) in [7, 11) is 0. The number of carbonyl (C=O) groups excluding carboxylic acids is 1. The van der Waals surface area contributed by atoms with Gasteiger partial charge in [0.25, 0.3) is 5.91 Å². The second-order valence-corrected chi connectivity index (χ2v) is 8.19. The quantitative estimate of drug-likeness (QED) is 0.894. The third-order valence-corrected chi connectivity index (χ3v) is 5.14. The summed E-state index contributed by atoms with van der Waals surface area (Å²) in [4.78, 5) is 13.9. The van der Waals surface area contributed by atoms with Gasteiger partial charge in [0.2, 0.25) is 0 Å². The Balaban J connectivity index is 1.52. The molecule has 0 radical (unpaired) electrons. The van der Waals surface area contributed by atoms with E-state index in [0.717, 1.165) is 36.5 Å². The van der Waals surface area contributed by atoms with Crippen LogP contribution < -0.4 is 5.73 Å². The fraction of sp³-hybridized carbons (Fsp3) is 0.611. The Kier molecular flexibility index (Phi) is 4.11. The molecule has 0 unspecified atom stereocenters. The monoisotopic (exact) mass is 359 g/mol. The van der Waals surface area contributed by atoms with Crippen molar-refractivity contribution < 1.29 is 13.9 Å². The molecule has 1 saturated heterocycles. The minimum atomic E-state index is -0.533. The number of nitrogens with zero attached hydrogens (tertiary/aromatic N) is 4. The van der Waals surface area contributed by atoms with Gasteiger partial charge < -0.3 is 14.9 Å². The van der Waals surface area contributed by atoms with E-state index in [1.165, 1.54) is 0 Å². The molecule has 0 bridgehead atoms. The van der Waals surface area contributed by atoms with Crippen LogP contribution in [0, 0.1) is 0 Å². The van der Waals surface area contributed by atoms with Gasteiger partial charge >= 0.3 is 0 Å². The van der Waals surface area contributed by atoms with E-state index in [1.807, 2.05) is 4.68 Å². The lowest BCUT2D eigenvalue weighted by Gasteiger charge is -2.41. The molecule has 0 aliphatic carbocycles. The van der Waals surface area contributed by atoms with Crippen LogP contribution in [0.4, 0.5) is 0 Å². The van der Waals surface area contributed by atoms with Gasteiger partial charge in [0.1, 0.15) is 5.76 Å². The molecule has 2 atom stereocenters. The Morgan fingerprint density at radius 1 is 1.42 bits per heavy atom. The predicted molar refractivity (Wildman–Crippen MR) is 93.5 cm³/mol. The van der Waals surface area contributed by atoms with Crippen LogP contribution in [-0.2, 0) is 23.3 Å². The molecule has 8 nitrogen and oxygen atoms in total. The molecule has 0 aromatic carbocycles. The first-order chi connectivity index (χ1) is 12.3. The van der Waals surface area contributed by atoms with Crippen LogP contribution in [0.1, 0.15) is 60.8 Å². The normalized spacial score (nSPS) is 23.5. The number of hydrogen-bond acceptors (Lipinski definition) is 6. The van der Waals surface area contributed by atoms with Gasteiger partial charge in [0.05, 0.1) is 30.6 Å². The van der Waals surface area contributed by atoms with Crippen molar-refractivity contribution in [1.29, 1.82) is 0 Å². The third-order valence-electron chi connectivity index (χ3n) is 5.14. The van der Waals surface area contributed by atoms with E-state index in [9.17, 15) is 4.79 Å². The first-order valence-electron chi connectivity index (χ1n) is 8.99. The molecule has 140 valence electrons. The number of likely N-dealkylation sites (tertiary alicyclic amines) is 1. The fourth-order valence-electron chi connectivity index (χ4n) is 3.94. The molecule has 1 fully saturated rings. The SMILES string of the molecule is CC(C)(C)c1oc(C(N)=O)cc1CN1CC[C@H]2[C@H](C1)OCc1cnnn12. The van der Waals surface area contributed by atoms with Crippen molar-refractivity contribution >= 4 is 5.91 Å². The molecular formula is C18H25N5O3. The standard InChI is InChI=1S/C18H25N5O3/c1-18(2,3)16-11(6-14(26-16)17(19)24)8-22-5-4-13-15(9-22)25-10-12-7-20-21-23(12)13/h6-7,13,15H,4-5,8-10H2,1-3H3,(H2,19,24)/t13-,15-/m0/s1. The van der Waals surface area contributed by atoms with Crippen LogP contribution >= 0.6 is 0 Å². The van der Waals surface area contributed by atoms with Crippen molar-refractivity contribution in [2.75, 3.05) is 13.1 Å². The van der Waals surface area contributed by atoms with Gasteiger partial charge in [-0.05, 0) is 12.5 Å². The zero-order valence-corrected chi connectivity index (χ0v) is 15.4. The highest BCUT2D eigenvalue weighted by Gasteiger charge is 2.37. The molecule has 2 aromatic rings. The molecule has 2 aromatic heterocycles. The van der Waals surface area contributed by atoms with E-state index >= 15 is 0 Å². The number of furan rings is 1. The molecule has 4 heterocycles. The maximum absolute atomic E-state index is 11.5. The van der Waals surface area contributed by atoms with Crippen LogP contribution in [-0.4, -0.2) is 45.0 Å². The Morgan fingerprint density at radius 2 is 2.23 bits per heavy atom. The number of ether oxygens (including phenoxy) is 1. The third kappa shape index (κ3) is 3.03. The van der Waals surface area contributed by atoms with E-state index in [2.05, 4.69) is 36.0 Å². The van der Waals surface area contributed by atoms with Crippen LogP contribution in [0.5, 0.6) is 0 Å². The van der Waals surface area contributed by atoms with E-state index in [0.29, 0.717) is 13.2 Å². The maximum atomic E-state index is 11.5. The van der Waals surface area contributed by atoms with Crippen molar-refractivity contribution in [2.24, 2.45) is 5.73 Å². The predicted octanol–water partition coefficient (Wildman–Crippen LogP) is 1.61. The number of carbonyl (C=O) groups is 1. The molecule has 8 heteroatoms. The molecular weight excluding hydrogens is 334 g/mol. The van der Waals surface area contributed by atoms with E-state index in [1.54, 1.807) is 12.3 Å². The summed E-state index contributed by atoms with van der Waals surface area (Å²) in [5.41, 5.74) is 7.27. The smallest absolute Gasteiger partial charge is 0.284 e. The summed E-state index contributed by atoms with van der Waals surface area (Å²) in [6.07, 6.45) is 2.82. The number of piperidine rings is 1. The van der Waals surface area contributed by atoms with Crippen molar-refractivity contribution in [1.82, 2.24) is 19.9 Å². The zero-order valence-electron chi connectivity index (χ0n) is 15.4. The molecule has 0 saturated carbocycles. The zero-order chi connectivity index (χ0) is 18.5. The van der Waals surface area contributed by atoms with Crippen molar-refractivity contribution in [3.63, 3.8) is 0 Å². The number of fused-ring (bicyclic) bond motifs is 3. The van der Waals surface area contributed by atoms with Crippen LogP contribution in [0.2, 0.25) is 0 Å². The second-order valence-electron chi connectivity index (χ2n) is 8.19. The summed E-state index contributed by atoms with van der Waals surface area (Å²) < 4.78 is 13.8. The maximum Gasteiger partial charge on any atom is 0.284 e. The fourth-order valence-corrected chi connectivity index (χ4v) is 3.94. The average molecular weight is 359 g/mol. The lowest BCUT2D eigenvalue weighted by atomic mass is 9.90. The summed E-state index contributed by atoms with van der Waals surface area (Å²) in [6, 6.07) is 2.02. The summed E-state index contributed by atoms with van der Waals surface area (Å²) in [5, 5.41) is 8.22.